The predicted molar refractivity (Wildman–Crippen MR) is 277 cm³/mol. The number of benzene rings is 5. The van der Waals surface area contributed by atoms with E-state index in [1.54, 1.807) is 4.90 Å². The van der Waals surface area contributed by atoms with E-state index in [2.05, 4.69) is 14.9 Å². The molecule has 9 rings (SSSR count). The number of carbonyl (C=O) groups is 3. The highest BCUT2D eigenvalue weighted by Gasteiger charge is 2.27. The third kappa shape index (κ3) is 13.6. The van der Waals surface area contributed by atoms with E-state index in [1.165, 1.54) is 0 Å². The molecule has 0 saturated heterocycles. The second-order valence-electron chi connectivity index (χ2n) is 17.6. The Bertz CT molecular complexity index is 3040. The van der Waals surface area contributed by atoms with Crippen LogP contribution < -0.4 is 9.47 Å². The highest BCUT2D eigenvalue weighted by molar-refractivity contribution is 6.68. The van der Waals surface area contributed by atoms with Gasteiger partial charge in [0.25, 0.3) is 0 Å². The minimum atomic E-state index is -0.942. The van der Waals surface area contributed by atoms with Gasteiger partial charge in [-0.05, 0) is 127 Å². The Kier molecular flexibility index (Phi) is 17.2. The van der Waals surface area contributed by atoms with Crippen LogP contribution in [-0.4, -0.2) is 88.6 Å². The van der Waals surface area contributed by atoms with Crippen LogP contribution in [0.2, 0.25) is 0 Å². The number of aryl methyl sites for hydroxylation is 2. The molecule has 370 valence electrons. The van der Waals surface area contributed by atoms with E-state index in [4.69, 9.17) is 34.6 Å². The van der Waals surface area contributed by atoms with Crippen molar-refractivity contribution in [2.45, 2.75) is 52.6 Å². The number of nitrogens with zero attached hydrogens (tertiary/aromatic N) is 4. The summed E-state index contributed by atoms with van der Waals surface area (Å²) in [6.45, 7) is 6.98. The van der Waals surface area contributed by atoms with Crippen molar-refractivity contribution in [2.75, 3.05) is 46.4 Å². The van der Waals surface area contributed by atoms with Gasteiger partial charge in [0.2, 0.25) is 17.0 Å². The molecule has 5 aromatic carbocycles. The Morgan fingerprint density at radius 2 is 1.14 bits per heavy atom. The molecular weight excluding hydrogens is 932 g/mol. The van der Waals surface area contributed by atoms with Gasteiger partial charge < -0.3 is 38.0 Å². The molecule has 0 radical (unpaired) electrons. The molecule has 0 saturated carbocycles. The van der Waals surface area contributed by atoms with Gasteiger partial charge in [0.05, 0.1) is 31.0 Å². The summed E-state index contributed by atoms with van der Waals surface area (Å²) in [5.41, 5.74) is 9.67. The van der Waals surface area contributed by atoms with Crippen LogP contribution in [0.4, 0.5) is 4.79 Å². The third-order valence-electron chi connectivity index (χ3n) is 12.4. The van der Waals surface area contributed by atoms with Crippen molar-refractivity contribution in [3.8, 4) is 34.4 Å². The van der Waals surface area contributed by atoms with Gasteiger partial charge in [-0.1, -0.05) is 91.0 Å². The zero-order valence-electron chi connectivity index (χ0n) is 40.6. The molecule has 0 atom stereocenters. The molecule has 2 aliphatic rings. The highest BCUT2D eigenvalue weighted by atomic mass is 35.5. The van der Waals surface area contributed by atoms with Crippen molar-refractivity contribution in [3.05, 3.63) is 190 Å². The lowest BCUT2D eigenvalue weighted by molar-refractivity contribution is -0.136. The fourth-order valence-electron chi connectivity index (χ4n) is 8.69. The van der Waals surface area contributed by atoms with Crippen LogP contribution in [0.1, 0.15) is 58.9 Å². The van der Waals surface area contributed by atoms with Crippen LogP contribution in [0.25, 0.3) is 34.1 Å². The van der Waals surface area contributed by atoms with Crippen molar-refractivity contribution in [3.63, 3.8) is 0 Å². The number of ether oxygens (including phenoxy) is 3. The van der Waals surface area contributed by atoms with Crippen molar-refractivity contribution in [2.24, 2.45) is 0 Å². The van der Waals surface area contributed by atoms with Gasteiger partial charge in [0.15, 0.2) is 0 Å². The lowest BCUT2D eigenvalue weighted by Gasteiger charge is -2.30. The molecule has 7 aromatic rings. The van der Waals surface area contributed by atoms with Gasteiger partial charge >= 0.3 is 12.1 Å². The molecule has 0 aliphatic carbocycles. The maximum atomic E-state index is 12.7. The van der Waals surface area contributed by atoms with Crippen LogP contribution >= 0.6 is 11.6 Å². The van der Waals surface area contributed by atoms with Crippen molar-refractivity contribution in [1.82, 2.24) is 19.8 Å². The summed E-state index contributed by atoms with van der Waals surface area (Å²) in [6, 6.07) is 44.6. The smallest absolute Gasteiger partial charge is 0.410 e. The van der Waals surface area contributed by atoms with Gasteiger partial charge in [-0.2, -0.15) is 0 Å². The normalized spacial score (nSPS) is 13.9. The van der Waals surface area contributed by atoms with Crippen molar-refractivity contribution >= 4 is 40.1 Å². The first-order chi connectivity index (χ1) is 35.0. The number of hydrogen-bond donors (Lipinski definition) is 1. The number of likely N-dealkylation sites (N-methyl/N-ethyl adjacent to an activating group) is 1. The highest BCUT2D eigenvalue weighted by Crippen LogP contribution is 2.33. The fourth-order valence-corrected chi connectivity index (χ4v) is 8.87. The van der Waals surface area contributed by atoms with Gasteiger partial charge in [-0.3, -0.25) is 9.59 Å². The number of oxazole rings is 2. The Hall–Kier alpha value is -7.74. The Balaban J connectivity index is 0.000000200. The van der Waals surface area contributed by atoms with Crippen molar-refractivity contribution in [1.29, 1.82) is 0 Å². The number of carboxylic acid groups (broad SMARTS) is 1. The van der Waals surface area contributed by atoms with Gasteiger partial charge in [0.1, 0.15) is 29.6 Å². The summed E-state index contributed by atoms with van der Waals surface area (Å²) in [5.74, 6) is 3.28. The standard InChI is InChI=1S/C33H32N2O6.C25H25ClN2O3/c1-23-30(34-32(41-23)25-11-6-3-7-12-25)16-18-39-28-14-8-13-26(19-28)29-15-17-35(21-27(29)20-31(36)37)33(38)40-22-24-9-4-2-5-10-24;1-17-23(27-25(31-17)18-7-4-3-5-8-18)12-14-30-20-10-6-9-19(15-20)21-11-13-28(2)16-22(21)24(26)29/h2-14,19H,15-18,20-22H2,1H3,(H,36,37);3-10,15H,11-14,16H2,1-2H3. The Labute approximate surface area is 424 Å². The van der Waals surface area contributed by atoms with Crippen molar-refractivity contribution < 1.29 is 42.5 Å². The van der Waals surface area contributed by atoms with Gasteiger partial charge in [-0.15, -0.1) is 0 Å². The molecule has 0 unspecified atom stereocenters. The second-order valence-corrected chi connectivity index (χ2v) is 18.0. The number of amides is 1. The molecule has 0 bridgehead atoms. The molecule has 4 heterocycles. The zero-order chi connectivity index (χ0) is 50.4. The van der Waals surface area contributed by atoms with E-state index in [-0.39, 0.29) is 24.8 Å². The maximum Gasteiger partial charge on any atom is 0.410 e. The molecule has 2 aromatic heterocycles. The quantitative estimate of drug-likeness (QED) is 0.0862. The number of carbonyl (C=O) groups excluding carboxylic acids is 2. The number of hydrogen-bond acceptors (Lipinski definition) is 11. The minimum absolute atomic E-state index is 0.155. The van der Waals surface area contributed by atoms with E-state index in [9.17, 15) is 19.5 Å². The minimum Gasteiger partial charge on any atom is -0.493 e. The average Bonchev–Trinajstić information content (AvgIpc) is 3.97. The second kappa shape index (κ2) is 24.4. The Morgan fingerprint density at radius 3 is 1.67 bits per heavy atom. The maximum absolute atomic E-state index is 12.7. The number of halogens is 1. The monoisotopic (exact) mass is 988 g/mol. The van der Waals surface area contributed by atoms with Crippen LogP contribution in [0, 0.1) is 13.8 Å². The molecule has 1 N–H and O–H groups in total. The van der Waals surface area contributed by atoms with Gasteiger partial charge in [-0.25, -0.2) is 14.8 Å². The molecule has 2 aliphatic heterocycles. The van der Waals surface area contributed by atoms with E-state index in [1.807, 2.05) is 160 Å². The lowest BCUT2D eigenvalue weighted by atomic mass is 9.91. The topological polar surface area (TPSA) is 158 Å². The number of aliphatic carboxylic acids is 1. The van der Waals surface area contributed by atoms with E-state index >= 15 is 0 Å². The summed E-state index contributed by atoms with van der Waals surface area (Å²) < 4.78 is 29.2. The lowest BCUT2D eigenvalue weighted by Crippen LogP contribution is -2.37. The molecule has 14 heteroatoms. The molecule has 0 fully saturated rings. The summed E-state index contributed by atoms with van der Waals surface area (Å²) in [7, 11) is 1.99. The Morgan fingerprint density at radius 1 is 0.639 bits per heavy atom. The molecular formula is C58H57ClN4O9. The number of rotatable bonds is 17. The van der Waals surface area contributed by atoms with Crippen LogP contribution in [0.5, 0.6) is 11.5 Å². The predicted octanol–water partition coefficient (Wildman–Crippen LogP) is 11.7. The summed E-state index contributed by atoms with van der Waals surface area (Å²) >= 11 is 5.85. The van der Waals surface area contributed by atoms with E-state index < -0.39 is 12.1 Å². The first kappa shape index (κ1) is 50.6. The summed E-state index contributed by atoms with van der Waals surface area (Å²) in [5, 5.41) is 9.19. The fraction of sp³-hybridized carbons (Fsp3) is 0.259. The third-order valence-corrected chi connectivity index (χ3v) is 12.7. The largest absolute Gasteiger partial charge is 0.493 e. The number of carboxylic acids is 1. The molecule has 1 amide bonds. The van der Waals surface area contributed by atoms with E-state index in [0.29, 0.717) is 74.2 Å². The summed E-state index contributed by atoms with van der Waals surface area (Å²) in [4.78, 5) is 49.3. The summed E-state index contributed by atoms with van der Waals surface area (Å²) in [6.07, 6.45) is 1.93. The van der Waals surface area contributed by atoms with Gasteiger partial charge in [0, 0.05) is 55.7 Å². The first-order valence-electron chi connectivity index (χ1n) is 24.0. The van der Waals surface area contributed by atoms with E-state index in [0.717, 1.165) is 80.6 Å². The zero-order valence-corrected chi connectivity index (χ0v) is 41.4. The van der Waals surface area contributed by atoms with Crippen LogP contribution in [-0.2, 0) is 33.8 Å². The molecule has 0 spiro atoms. The van der Waals surface area contributed by atoms with Crippen LogP contribution in [0.3, 0.4) is 0 Å². The average molecular weight is 990 g/mol. The molecule has 13 nitrogen and oxygen atoms in total. The SMILES string of the molecule is Cc1oc(-c2ccccc2)nc1CCOc1cccc(C2=C(C(=O)Cl)CN(C)CC2)c1.Cc1oc(-c2ccccc2)nc1CCOc1cccc(C2=C(CC(=O)O)CN(C(=O)OCc3ccccc3)CC2)c1. The van der Waals surface area contributed by atoms with Crippen LogP contribution in [0.15, 0.2) is 160 Å². The molecule has 72 heavy (non-hydrogen) atoms. The number of aromatic nitrogens is 2. The first-order valence-corrected chi connectivity index (χ1v) is 24.3.